The van der Waals surface area contributed by atoms with Gasteiger partial charge in [0, 0.05) is 19.6 Å². The summed E-state index contributed by atoms with van der Waals surface area (Å²) >= 11 is 6.16. The Kier molecular flexibility index (Phi) is 3.25. The molecule has 2 aromatic heterocycles. The minimum Gasteiger partial charge on any atom is -0.378 e. The van der Waals surface area contributed by atoms with Crippen LogP contribution in [0.2, 0.25) is 5.28 Å². The van der Waals surface area contributed by atoms with E-state index in [4.69, 9.17) is 26.1 Å². The van der Waals surface area contributed by atoms with Gasteiger partial charge in [-0.15, -0.1) is 0 Å². The van der Waals surface area contributed by atoms with E-state index in [1.165, 1.54) is 0 Å². The van der Waals surface area contributed by atoms with Crippen LogP contribution in [0.5, 0.6) is 0 Å². The summed E-state index contributed by atoms with van der Waals surface area (Å²) in [6, 6.07) is 0. The summed E-state index contributed by atoms with van der Waals surface area (Å²) in [5.41, 5.74) is 1.14. The molecule has 2 aliphatic rings. The zero-order valence-corrected chi connectivity index (χ0v) is 13.4. The van der Waals surface area contributed by atoms with Gasteiger partial charge in [-0.05, 0) is 25.4 Å². The molecule has 0 aromatic carbocycles. The largest absolute Gasteiger partial charge is 0.378 e. The van der Waals surface area contributed by atoms with Gasteiger partial charge in [-0.2, -0.15) is 9.97 Å². The fourth-order valence-corrected chi connectivity index (χ4v) is 3.24. The fourth-order valence-electron chi connectivity index (χ4n) is 3.08. The third-order valence-electron chi connectivity index (χ3n) is 4.18. The molecule has 0 saturated carbocycles. The van der Waals surface area contributed by atoms with Crippen molar-refractivity contribution in [1.29, 1.82) is 0 Å². The fraction of sp³-hybridized carbons (Fsp3) is 0.643. The second-order valence-electron chi connectivity index (χ2n) is 6.03. The van der Waals surface area contributed by atoms with Gasteiger partial charge in [0.1, 0.15) is 11.4 Å². The van der Waals surface area contributed by atoms with Crippen LogP contribution in [0.25, 0.3) is 11.2 Å². The topological polar surface area (TPSA) is 65.3 Å². The van der Waals surface area contributed by atoms with Crippen molar-refractivity contribution in [3.63, 3.8) is 0 Å². The third-order valence-corrected chi connectivity index (χ3v) is 4.34. The molecule has 4 heterocycles. The maximum absolute atomic E-state index is 6.16. The van der Waals surface area contributed by atoms with Gasteiger partial charge in [-0.3, -0.25) is 0 Å². The number of hydrogen-bond donors (Lipinski definition) is 0. The monoisotopic (exact) mass is 323 g/mol. The van der Waals surface area contributed by atoms with Gasteiger partial charge in [0.25, 0.3) is 0 Å². The van der Waals surface area contributed by atoms with Crippen LogP contribution in [0, 0.1) is 0 Å². The highest BCUT2D eigenvalue weighted by Gasteiger charge is 2.34. The standard InChI is InChI=1S/C14H18ClN5O2/c1-14(2)12-16-9-10(19-3-6-21-7-4-19)17-13(15)18-11(9)20(12)5-8-22-14/h3-8H2,1-2H3. The summed E-state index contributed by atoms with van der Waals surface area (Å²) in [4.78, 5) is 15.8. The minimum absolute atomic E-state index is 0.251. The lowest BCUT2D eigenvalue weighted by atomic mass is 10.1. The minimum atomic E-state index is -0.437. The van der Waals surface area contributed by atoms with E-state index >= 15 is 0 Å². The van der Waals surface area contributed by atoms with E-state index in [9.17, 15) is 0 Å². The van der Waals surface area contributed by atoms with E-state index in [0.717, 1.165) is 42.4 Å². The highest BCUT2D eigenvalue weighted by atomic mass is 35.5. The Morgan fingerprint density at radius 2 is 1.82 bits per heavy atom. The number of fused-ring (bicyclic) bond motifs is 3. The Bertz CT molecular complexity index is 724. The molecule has 0 aliphatic carbocycles. The van der Waals surface area contributed by atoms with E-state index in [1.807, 2.05) is 13.8 Å². The molecular formula is C14H18ClN5O2. The van der Waals surface area contributed by atoms with Gasteiger partial charge >= 0.3 is 0 Å². The highest BCUT2D eigenvalue weighted by molar-refractivity contribution is 6.28. The van der Waals surface area contributed by atoms with E-state index in [2.05, 4.69) is 19.4 Å². The lowest BCUT2D eigenvalue weighted by molar-refractivity contribution is -0.0530. The van der Waals surface area contributed by atoms with Gasteiger partial charge in [0.15, 0.2) is 17.0 Å². The molecule has 0 N–H and O–H groups in total. The maximum atomic E-state index is 6.16. The average molecular weight is 324 g/mol. The van der Waals surface area contributed by atoms with E-state index < -0.39 is 5.60 Å². The first-order valence-corrected chi connectivity index (χ1v) is 7.85. The zero-order chi connectivity index (χ0) is 15.3. The summed E-state index contributed by atoms with van der Waals surface area (Å²) in [6.07, 6.45) is 0. The van der Waals surface area contributed by atoms with Gasteiger partial charge in [0.2, 0.25) is 5.28 Å². The van der Waals surface area contributed by atoms with Crippen molar-refractivity contribution in [2.24, 2.45) is 0 Å². The molecule has 7 nitrogen and oxygen atoms in total. The molecule has 2 aromatic rings. The van der Waals surface area contributed by atoms with Crippen LogP contribution in [-0.2, 0) is 21.6 Å². The first-order valence-electron chi connectivity index (χ1n) is 7.47. The van der Waals surface area contributed by atoms with Crippen LogP contribution in [0.1, 0.15) is 19.7 Å². The predicted octanol–water partition coefficient (Wildman–Crippen LogP) is 1.58. The number of nitrogens with zero attached hydrogens (tertiary/aromatic N) is 5. The molecule has 0 bridgehead atoms. The number of aromatic nitrogens is 4. The molecular weight excluding hydrogens is 306 g/mol. The van der Waals surface area contributed by atoms with E-state index in [0.29, 0.717) is 19.8 Å². The molecule has 1 fully saturated rings. The molecule has 4 rings (SSSR count). The zero-order valence-electron chi connectivity index (χ0n) is 12.7. The quantitative estimate of drug-likeness (QED) is 0.742. The van der Waals surface area contributed by atoms with Crippen LogP contribution in [0.15, 0.2) is 0 Å². The molecule has 0 atom stereocenters. The molecule has 118 valence electrons. The number of morpholine rings is 1. The highest BCUT2D eigenvalue weighted by Crippen LogP contribution is 2.34. The molecule has 2 aliphatic heterocycles. The lowest BCUT2D eigenvalue weighted by Crippen LogP contribution is -2.37. The maximum Gasteiger partial charge on any atom is 0.226 e. The summed E-state index contributed by atoms with van der Waals surface area (Å²) in [6.45, 7) is 8.34. The Labute approximate surface area is 133 Å². The summed E-state index contributed by atoms with van der Waals surface area (Å²) in [5, 5.41) is 0.251. The molecule has 0 spiro atoms. The van der Waals surface area contributed by atoms with E-state index in [1.54, 1.807) is 0 Å². The molecule has 1 saturated heterocycles. The number of anilines is 1. The van der Waals surface area contributed by atoms with Gasteiger partial charge in [0.05, 0.1) is 19.8 Å². The third kappa shape index (κ3) is 2.15. The van der Waals surface area contributed by atoms with Crippen molar-refractivity contribution in [1.82, 2.24) is 19.5 Å². The van der Waals surface area contributed by atoms with E-state index in [-0.39, 0.29) is 5.28 Å². The van der Waals surface area contributed by atoms with Gasteiger partial charge in [-0.25, -0.2) is 4.98 Å². The van der Waals surface area contributed by atoms with Crippen LogP contribution >= 0.6 is 11.6 Å². The number of imidazole rings is 1. The number of hydrogen-bond acceptors (Lipinski definition) is 6. The Morgan fingerprint density at radius 3 is 2.59 bits per heavy atom. The van der Waals surface area contributed by atoms with Crippen molar-refractivity contribution < 1.29 is 9.47 Å². The van der Waals surface area contributed by atoms with Crippen LogP contribution in [-0.4, -0.2) is 52.4 Å². The second kappa shape index (κ2) is 5.04. The first-order chi connectivity index (χ1) is 10.6. The van der Waals surface area contributed by atoms with Crippen LogP contribution in [0.4, 0.5) is 5.82 Å². The van der Waals surface area contributed by atoms with Crippen molar-refractivity contribution in [3.05, 3.63) is 11.1 Å². The SMILES string of the molecule is CC1(C)OCCn2c1nc1c(N3CCOCC3)nc(Cl)nc12. The normalized spacial score (nSPS) is 21.1. The molecule has 8 heteroatoms. The van der Waals surface area contributed by atoms with Gasteiger partial charge < -0.3 is 18.9 Å². The molecule has 0 radical (unpaired) electrons. The first kappa shape index (κ1) is 14.2. The van der Waals surface area contributed by atoms with Crippen LogP contribution < -0.4 is 4.90 Å². The lowest BCUT2D eigenvalue weighted by Gasteiger charge is -2.30. The number of ether oxygens (including phenoxy) is 2. The van der Waals surface area contributed by atoms with Crippen molar-refractivity contribution in [2.45, 2.75) is 26.0 Å². The second-order valence-corrected chi connectivity index (χ2v) is 6.37. The summed E-state index contributed by atoms with van der Waals surface area (Å²) in [7, 11) is 0. The molecule has 22 heavy (non-hydrogen) atoms. The van der Waals surface area contributed by atoms with Gasteiger partial charge in [-0.1, -0.05) is 0 Å². The molecule has 0 unspecified atom stereocenters. The Morgan fingerprint density at radius 1 is 1.05 bits per heavy atom. The Hall–Kier alpha value is -1.44. The summed E-state index contributed by atoms with van der Waals surface area (Å²) in [5.74, 6) is 1.66. The average Bonchev–Trinajstić information content (AvgIpc) is 2.87. The summed E-state index contributed by atoms with van der Waals surface area (Å²) < 4.78 is 13.3. The Balaban J connectivity index is 1.92. The smallest absolute Gasteiger partial charge is 0.226 e. The number of rotatable bonds is 1. The van der Waals surface area contributed by atoms with Crippen molar-refractivity contribution in [3.8, 4) is 0 Å². The van der Waals surface area contributed by atoms with Crippen molar-refractivity contribution in [2.75, 3.05) is 37.8 Å². The molecule has 0 amide bonds. The predicted molar refractivity (Wildman–Crippen MR) is 82.3 cm³/mol. The van der Waals surface area contributed by atoms with Crippen LogP contribution in [0.3, 0.4) is 0 Å². The number of halogens is 1. The van der Waals surface area contributed by atoms with Crippen molar-refractivity contribution >= 4 is 28.6 Å².